The first-order valence-electron chi connectivity index (χ1n) is 13.8. The van der Waals surface area contributed by atoms with E-state index in [1.807, 2.05) is 30.5 Å². The van der Waals surface area contributed by atoms with Crippen LogP contribution in [0.2, 0.25) is 0 Å². The summed E-state index contributed by atoms with van der Waals surface area (Å²) < 4.78 is 16.5. The molecule has 0 N–H and O–H groups in total. The predicted molar refractivity (Wildman–Crippen MR) is 172 cm³/mol. The van der Waals surface area contributed by atoms with Gasteiger partial charge in [-0.2, -0.15) is 0 Å². The predicted octanol–water partition coefficient (Wildman–Crippen LogP) is 5.26. The monoisotopic (exact) mass is 547 g/mol. The molecule has 0 atom stereocenters. The Bertz CT molecular complexity index is 1680. The Morgan fingerprint density at radius 1 is 0.659 bits per heavy atom. The van der Waals surface area contributed by atoms with Gasteiger partial charge in [-0.25, -0.2) is 4.39 Å². The van der Waals surface area contributed by atoms with Crippen molar-refractivity contribution in [3.05, 3.63) is 175 Å². The summed E-state index contributed by atoms with van der Waals surface area (Å²) in [5.41, 5.74) is 4.21. The van der Waals surface area contributed by atoms with Gasteiger partial charge in [0.25, 0.3) is 0 Å². The van der Waals surface area contributed by atoms with E-state index in [1.54, 1.807) is 12.1 Å². The molecular formula is C36H29BFN2Si. The molecule has 0 unspecified atom stereocenters. The zero-order chi connectivity index (χ0) is 27.9. The summed E-state index contributed by atoms with van der Waals surface area (Å²) >= 11 is 0. The normalized spacial score (nSPS) is 11.8. The van der Waals surface area contributed by atoms with Gasteiger partial charge < -0.3 is 4.57 Å². The quantitative estimate of drug-likeness (QED) is 0.137. The van der Waals surface area contributed by atoms with E-state index in [1.165, 1.54) is 10.4 Å². The fourth-order valence-corrected chi connectivity index (χ4v) is 10.1. The molecule has 41 heavy (non-hydrogen) atoms. The van der Waals surface area contributed by atoms with Gasteiger partial charge >= 0.3 is 0 Å². The van der Waals surface area contributed by atoms with Crippen molar-refractivity contribution in [1.29, 1.82) is 0 Å². The van der Waals surface area contributed by atoms with Gasteiger partial charge in [-0.15, -0.1) is 0 Å². The topological polar surface area (TPSA) is 17.8 Å². The first kappa shape index (κ1) is 26.5. The van der Waals surface area contributed by atoms with Crippen LogP contribution in [0.5, 0.6) is 0 Å². The Morgan fingerprint density at radius 2 is 1.17 bits per heavy atom. The summed E-state index contributed by atoms with van der Waals surface area (Å²) in [6.07, 6.45) is 6.85. The average Bonchev–Trinajstić information content (AvgIpc) is 3.48. The highest BCUT2D eigenvalue weighted by molar-refractivity contribution is 7.10. The molecule has 0 fully saturated rings. The van der Waals surface area contributed by atoms with Gasteiger partial charge in [0.1, 0.15) is 5.82 Å². The van der Waals surface area contributed by atoms with E-state index in [2.05, 4.69) is 133 Å². The number of imidazole rings is 1. The van der Waals surface area contributed by atoms with E-state index in [4.69, 9.17) is 4.98 Å². The van der Waals surface area contributed by atoms with Crippen molar-refractivity contribution in [2.45, 2.75) is 6.17 Å². The molecular weight excluding hydrogens is 518 g/mol. The van der Waals surface area contributed by atoms with Gasteiger partial charge in [-0.1, -0.05) is 145 Å². The number of nitrogens with zero attached hydrogens (tertiary/aromatic N) is 2. The number of hydrogen-bond acceptors (Lipinski definition) is 1. The van der Waals surface area contributed by atoms with Crippen LogP contribution in [0.3, 0.4) is 0 Å². The first-order chi connectivity index (χ1) is 20.2. The minimum absolute atomic E-state index is 0.229. The number of aromatic nitrogens is 2. The summed E-state index contributed by atoms with van der Waals surface area (Å²) in [5.74, 6) is -0.229. The van der Waals surface area contributed by atoms with E-state index in [9.17, 15) is 4.39 Å². The van der Waals surface area contributed by atoms with E-state index in [-0.39, 0.29) is 5.82 Å². The molecule has 197 valence electrons. The van der Waals surface area contributed by atoms with Crippen LogP contribution in [-0.4, -0.2) is 24.9 Å². The molecule has 0 amide bonds. The fraction of sp³-hybridized carbons (Fsp3) is 0.0278. The van der Waals surface area contributed by atoms with Crippen LogP contribution in [0.15, 0.2) is 158 Å². The van der Waals surface area contributed by atoms with Crippen molar-refractivity contribution >= 4 is 48.2 Å². The standard InChI is InChI=1S/C36H29BFN2Si/c38-31-21-23-34(24-22-31)41(32-17-9-3-10-18-32,33-19-11-4-12-20-33)28-40-26-25-39-36(40)37-35(30-15-7-2-8-16-30)27-29-13-5-1-6-14-29/h1-27H,28H2. The summed E-state index contributed by atoms with van der Waals surface area (Å²) in [6, 6.07) is 49.2. The van der Waals surface area contributed by atoms with Crippen molar-refractivity contribution in [3.8, 4) is 0 Å². The van der Waals surface area contributed by atoms with Crippen molar-refractivity contribution in [3.63, 3.8) is 0 Å². The molecule has 0 saturated heterocycles. The number of benzene rings is 5. The smallest absolute Gasteiger partial charge is 0.241 e. The highest BCUT2D eigenvalue weighted by Crippen LogP contribution is 2.18. The van der Waals surface area contributed by atoms with Crippen molar-refractivity contribution < 1.29 is 4.39 Å². The molecule has 0 saturated carbocycles. The molecule has 0 spiro atoms. The van der Waals surface area contributed by atoms with Crippen molar-refractivity contribution in [2.75, 3.05) is 0 Å². The second-order valence-corrected chi connectivity index (χ2v) is 13.9. The van der Waals surface area contributed by atoms with E-state index >= 15 is 0 Å². The van der Waals surface area contributed by atoms with Crippen molar-refractivity contribution in [2.24, 2.45) is 0 Å². The van der Waals surface area contributed by atoms with Gasteiger partial charge in [0, 0.05) is 18.6 Å². The van der Waals surface area contributed by atoms with Crippen LogP contribution >= 0.6 is 0 Å². The van der Waals surface area contributed by atoms with Crippen LogP contribution in [0.25, 0.3) is 11.5 Å². The van der Waals surface area contributed by atoms with Gasteiger partial charge in [0.15, 0.2) is 8.07 Å². The summed E-state index contributed by atoms with van der Waals surface area (Å²) in [5, 5.41) is 3.68. The Morgan fingerprint density at radius 3 is 1.76 bits per heavy atom. The minimum Gasteiger partial charge on any atom is -0.345 e. The van der Waals surface area contributed by atoms with Gasteiger partial charge in [0.05, 0.1) is 5.72 Å². The molecule has 0 bridgehead atoms. The molecule has 5 heteroatoms. The lowest BCUT2D eigenvalue weighted by molar-refractivity contribution is 0.628. The average molecular weight is 548 g/mol. The van der Waals surface area contributed by atoms with Crippen LogP contribution in [-0.2, 0) is 6.17 Å². The maximum absolute atomic E-state index is 14.2. The van der Waals surface area contributed by atoms with Crippen LogP contribution < -0.4 is 21.3 Å². The molecule has 1 radical (unpaired) electrons. The highest BCUT2D eigenvalue weighted by Gasteiger charge is 2.40. The third kappa shape index (κ3) is 5.77. The Balaban J connectivity index is 1.48. The molecule has 0 aliphatic rings. The lowest BCUT2D eigenvalue weighted by atomic mass is 9.65. The zero-order valence-electron chi connectivity index (χ0n) is 22.6. The zero-order valence-corrected chi connectivity index (χ0v) is 23.6. The van der Waals surface area contributed by atoms with Crippen LogP contribution in [0, 0.1) is 5.82 Å². The number of hydrogen-bond donors (Lipinski definition) is 0. The molecule has 5 aromatic carbocycles. The van der Waals surface area contributed by atoms with Gasteiger partial charge in [0.2, 0.25) is 7.28 Å². The lowest BCUT2D eigenvalue weighted by Crippen LogP contribution is -2.70. The maximum atomic E-state index is 14.2. The summed E-state index contributed by atoms with van der Waals surface area (Å²) in [7, 11) is -0.502. The molecule has 6 aromatic rings. The first-order valence-corrected chi connectivity index (χ1v) is 16.0. The van der Waals surface area contributed by atoms with E-state index in [0.717, 1.165) is 27.5 Å². The molecule has 6 rings (SSSR count). The van der Waals surface area contributed by atoms with E-state index in [0.29, 0.717) is 6.17 Å². The number of rotatable bonds is 9. The molecule has 0 aliphatic carbocycles. The third-order valence-corrected chi connectivity index (χ3v) is 12.3. The van der Waals surface area contributed by atoms with Crippen LogP contribution in [0.1, 0.15) is 11.1 Å². The molecule has 0 aliphatic heterocycles. The molecule has 1 heterocycles. The van der Waals surface area contributed by atoms with Crippen LogP contribution in [0.4, 0.5) is 4.39 Å². The molecule has 2 nitrogen and oxygen atoms in total. The number of halogens is 1. The third-order valence-electron chi connectivity index (χ3n) is 7.54. The second kappa shape index (κ2) is 12.2. The highest BCUT2D eigenvalue weighted by atomic mass is 28.3. The minimum atomic E-state index is -2.67. The fourth-order valence-electron chi connectivity index (χ4n) is 5.51. The summed E-state index contributed by atoms with van der Waals surface area (Å²) in [4.78, 5) is 4.83. The largest absolute Gasteiger partial charge is 0.345 e. The van der Waals surface area contributed by atoms with Gasteiger partial charge in [-0.3, -0.25) is 4.98 Å². The Labute approximate surface area is 242 Å². The van der Waals surface area contributed by atoms with E-state index < -0.39 is 8.07 Å². The Hall–Kier alpha value is -4.74. The SMILES string of the molecule is Fc1ccc([Si](Cn2ccnc2[B]C(=Cc2ccccc2)c2ccccc2)(c2ccccc2)c2ccccc2)cc1. The summed E-state index contributed by atoms with van der Waals surface area (Å²) in [6.45, 7) is 0. The van der Waals surface area contributed by atoms with Crippen molar-refractivity contribution in [1.82, 2.24) is 9.55 Å². The second-order valence-electron chi connectivity index (χ2n) is 10.1. The lowest BCUT2D eigenvalue weighted by Gasteiger charge is -2.34. The Kier molecular flexibility index (Phi) is 7.88. The molecule has 1 aromatic heterocycles. The van der Waals surface area contributed by atoms with Gasteiger partial charge in [-0.05, 0) is 38.8 Å². The maximum Gasteiger partial charge on any atom is 0.241 e.